The van der Waals surface area contributed by atoms with E-state index in [1.165, 1.54) is 11.1 Å². The van der Waals surface area contributed by atoms with Gasteiger partial charge in [0, 0.05) is 5.56 Å². The van der Waals surface area contributed by atoms with E-state index in [1.807, 2.05) is 25.1 Å². The van der Waals surface area contributed by atoms with E-state index < -0.39 is 7.01 Å². The normalized spacial score (nSPS) is 12.8. The number of halogens is 1. The maximum atomic E-state index is 12.7. The fourth-order valence-electron chi connectivity index (χ4n) is 3.82. The van der Waals surface area contributed by atoms with Gasteiger partial charge in [0.15, 0.2) is 0 Å². The number of aryl methyl sites for hydroxylation is 1. The first-order valence-corrected chi connectivity index (χ1v) is 14.5. The number of benzene rings is 3. The van der Waals surface area contributed by atoms with Crippen LogP contribution >= 0.6 is 21.2 Å². The van der Waals surface area contributed by atoms with E-state index in [0.29, 0.717) is 4.90 Å². The summed E-state index contributed by atoms with van der Waals surface area (Å²) in [6.07, 6.45) is 0. The Labute approximate surface area is 199 Å². The van der Waals surface area contributed by atoms with E-state index in [2.05, 4.69) is 77.9 Å². The molecule has 0 heterocycles. The Bertz CT molecular complexity index is 1190. The molecule has 0 saturated carbocycles. The predicted octanol–water partition coefficient (Wildman–Crippen LogP) is 8.05. The molecule has 0 aliphatic heterocycles. The Kier molecular flexibility index (Phi) is 6.47. The van der Waals surface area contributed by atoms with Crippen LogP contribution in [0.5, 0.6) is 0 Å². The molecule has 4 heteroatoms. The van der Waals surface area contributed by atoms with Crippen LogP contribution in [0.2, 0.25) is 0 Å². The summed E-state index contributed by atoms with van der Waals surface area (Å²) in [7, 11) is -3.43. The summed E-state index contributed by atoms with van der Waals surface area (Å²) in [4.78, 5) is 0.358. The third-order valence-electron chi connectivity index (χ3n) is 5.72. The third kappa shape index (κ3) is 5.23. The van der Waals surface area contributed by atoms with E-state index >= 15 is 0 Å². The highest BCUT2D eigenvalue weighted by atomic mass is 127. The molecule has 0 bridgehead atoms. The van der Waals surface area contributed by atoms with Crippen LogP contribution in [-0.4, -0.2) is 8.42 Å². The van der Waals surface area contributed by atoms with Gasteiger partial charge in [-0.3, -0.25) is 0 Å². The molecule has 0 aliphatic rings. The molecule has 0 aromatic heterocycles. The summed E-state index contributed by atoms with van der Waals surface area (Å²) in [6, 6.07) is 20.5. The zero-order valence-electron chi connectivity index (χ0n) is 19.4. The van der Waals surface area contributed by atoms with Crippen LogP contribution in [-0.2, 0) is 17.8 Å². The summed E-state index contributed by atoms with van der Waals surface area (Å²) < 4.78 is 25.4. The van der Waals surface area contributed by atoms with Gasteiger partial charge in [-0.25, -0.2) is 8.42 Å². The van der Waals surface area contributed by atoms with Crippen molar-refractivity contribution in [2.45, 2.75) is 64.2 Å². The quantitative estimate of drug-likeness (QED) is 0.246. The zero-order chi connectivity index (χ0) is 23.2. The highest BCUT2D eigenvalue weighted by Crippen LogP contribution is 2.42. The minimum absolute atomic E-state index is 0.0366. The fourth-order valence-corrected chi connectivity index (χ4v) is 5.62. The van der Waals surface area contributed by atoms with Crippen molar-refractivity contribution in [2.24, 2.45) is 0 Å². The Morgan fingerprint density at radius 2 is 1.00 bits per heavy atom. The van der Waals surface area contributed by atoms with Crippen LogP contribution in [0.25, 0.3) is 22.3 Å². The van der Waals surface area contributed by atoms with Crippen LogP contribution in [0.3, 0.4) is 0 Å². The number of rotatable bonds is 3. The minimum Gasteiger partial charge on any atom is -0.213 e. The molecule has 2 nitrogen and oxygen atoms in total. The molecule has 0 fully saturated rings. The van der Waals surface area contributed by atoms with Gasteiger partial charge in [0.25, 0.3) is 0 Å². The highest BCUT2D eigenvalue weighted by molar-refractivity contribution is 14.2. The van der Waals surface area contributed by atoms with Crippen molar-refractivity contribution < 1.29 is 8.42 Å². The van der Waals surface area contributed by atoms with Crippen LogP contribution in [0, 0.1) is 6.92 Å². The maximum absolute atomic E-state index is 12.7. The van der Waals surface area contributed by atoms with E-state index in [4.69, 9.17) is 0 Å². The summed E-state index contributed by atoms with van der Waals surface area (Å²) in [5.41, 5.74) is 7.33. The Balaban J connectivity index is 2.30. The van der Waals surface area contributed by atoms with Crippen molar-refractivity contribution in [1.29, 1.82) is 0 Å². The molecule has 0 unspecified atom stereocenters. The van der Waals surface area contributed by atoms with Crippen molar-refractivity contribution in [1.82, 2.24) is 0 Å². The zero-order valence-corrected chi connectivity index (χ0v) is 22.4. The molecule has 0 spiro atoms. The molecular weight excluding hydrogens is 515 g/mol. The van der Waals surface area contributed by atoms with E-state index in [0.717, 1.165) is 27.8 Å². The van der Waals surface area contributed by atoms with Gasteiger partial charge in [0.2, 0.25) is 7.01 Å². The van der Waals surface area contributed by atoms with Gasteiger partial charge in [-0.2, -0.15) is 0 Å². The average Bonchev–Trinajstić information content (AvgIpc) is 2.65. The maximum Gasteiger partial charge on any atom is 0.231 e. The number of hydrogen-bond acceptors (Lipinski definition) is 2. The molecule has 0 N–H and O–H groups in total. The molecular formula is C27H31IO2S. The largest absolute Gasteiger partial charge is 0.231 e. The van der Waals surface area contributed by atoms with E-state index in [-0.39, 0.29) is 10.8 Å². The molecule has 3 aromatic carbocycles. The second-order valence-corrected chi connectivity index (χ2v) is 15.0. The van der Waals surface area contributed by atoms with Crippen molar-refractivity contribution in [3.63, 3.8) is 0 Å². The van der Waals surface area contributed by atoms with E-state index in [9.17, 15) is 8.42 Å². The standard InChI is InChI=1S/C27H31IO2S/c1-18-8-17-23(31(28,29)30)25(20-11-15-22(16-12-20)27(5,6)7)24(18)19-9-13-21(14-10-19)26(2,3)4/h8-17H,1-7H3. The van der Waals surface area contributed by atoms with Gasteiger partial charge in [-0.05, 0) is 57.2 Å². The smallest absolute Gasteiger partial charge is 0.213 e. The molecule has 0 saturated heterocycles. The molecule has 0 amide bonds. The average molecular weight is 547 g/mol. The highest BCUT2D eigenvalue weighted by Gasteiger charge is 2.23. The minimum atomic E-state index is -3.43. The van der Waals surface area contributed by atoms with Crippen LogP contribution < -0.4 is 0 Å². The van der Waals surface area contributed by atoms with Crippen molar-refractivity contribution >= 4 is 28.2 Å². The summed E-state index contributed by atoms with van der Waals surface area (Å²) in [6.45, 7) is 15.2. The summed E-state index contributed by atoms with van der Waals surface area (Å²) in [5, 5.41) is 0. The lowest BCUT2D eigenvalue weighted by Crippen LogP contribution is -2.11. The van der Waals surface area contributed by atoms with Crippen LogP contribution in [0.15, 0.2) is 65.6 Å². The predicted molar refractivity (Wildman–Crippen MR) is 141 cm³/mol. The first-order valence-electron chi connectivity index (χ1n) is 10.5. The van der Waals surface area contributed by atoms with Crippen molar-refractivity contribution in [3.05, 3.63) is 77.4 Å². The van der Waals surface area contributed by atoms with Crippen molar-refractivity contribution in [3.8, 4) is 22.3 Å². The first kappa shape index (κ1) is 24.0. The third-order valence-corrected chi connectivity index (χ3v) is 8.01. The second-order valence-electron chi connectivity index (χ2n) is 10.2. The van der Waals surface area contributed by atoms with Crippen molar-refractivity contribution in [2.75, 3.05) is 0 Å². The van der Waals surface area contributed by atoms with Gasteiger partial charge in [0.1, 0.15) is 0 Å². The first-order chi connectivity index (χ1) is 14.2. The topological polar surface area (TPSA) is 34.1 Å². The van der Waals surface area contributed by atoms with Gasteiger partial charge in [-0.1, -0.05) is 96.1 Å². The molecule has 31 heavy (non-hydrogen) atoms. The fraction of sp³-hybridized carbons (Fsp3) is 0.333. The van der Waals surface area contributed by atoms with E-state index in [1.54, 1.807) is 27.3 Å². The monoisotopic (exact) mass is 546 g/mol. The Morgan fingerprint density at radius 3 is 1.35 bits per heavy atom. The molecule has 0 aliphatic carbocycles. The summed E-state index contributed by atoms with van der Waals surface area (Å²) >= 11 is 1.55. The SMILES string of the molecule is Cc1ccc(S(=O)(=O)I)c(-c2ccc(C(C)(C)C)cc2)c1-c1ccc(C(C)(C)C)cc1. The lowest BCUT2D eigenvalue weighted by molar-refractivity contribution is 0.590. The Hall–Kier alpha value is -1.66. The van der Waals surface area contributed by atoms with Crippen LogP contribution in [0.1, 0.15) is 58.2 Å². The Morgan fingerprint density at radius 1 is 0.613 bits per heavy atom. The summed E-state index contributed by atoms with van der Waals surface area (Å²) in [5.74, 6) is 0. The van der Waals surface area contributed by atoms with Gasteiger partial charge >= 0.3 is 0 Å². The number of hydrogen-bond donors (Lipinski definition) is 0. The van der Waals surface area contributed by atoms with Gasteiger partial charge in [-0.15, -0.1) is 0 Å². The van der Waals surface area contributed by atoms with Crippen LogP contribution in [0.4, 0.5) is 0 Å². The van der Waals surface area contributed by atoms with Gasteiger partial charge < -0.3 is 0 Å². The lowest BCUT2D eigenvalue weighted by Gasteiger charge is -2.22. The molecule has 3 aromatic rings. The molecule has 3 rings (SSSR count). The molecule has 164 valence electrons. The second kappa shape index (κ2) is 8.36. The van der Waals surface area contributed by atoms with Gasteiger partial charge in [0.05, 0.1) is 26.1 Å². The molecule has 0 radical (unpaired) electrons. The molecule has 0 atom stereocenters. The lowest BCUT2D eigenvalue weighted by atomic mass is 9.84.